The van der Waals surface area contributed by atoms with Crippen LogP contribution >= 0.6 is 15.9 Å². The van der Waals surface area contributed by atoms with Crippen LogP contribution in [0.4, 0.5) is 11.6 Å². The van der Waals surface area contributed by atoms with Crippen molar-refractivity contribution in [3.8, 4) is 28.6 Å². The second kappa shape index (κ2) is 10.6. The van der Waals surface area contributed by atoms with Crippen molar-refractivity contribution in [2.45, 2.75) is 13.0 Å². The highest BCUT2D eigenvalue weighted by molar-refractivity contribution is 9.10. The molecule has 9 nitrogen and oxygen atoms in total. The van der Waals surface area contributed by atoms with Crippen molar-refractivity contribution in [2.24, 2.45) is 0 Å². The van der Waals surface area contributed by atoms with Gasteiger partial charge in [-0.3, -0.25) is 4.79 Å². The van der Waals surface area contributed by atoms with Gasteiger partial charge >= 0.3 is 0 Å². The van der Waals surface area contributed by atoms with E-state index < -0.39 is 6.04 Å². The van der Waals surface area contributed by atoms with Crippen LogP contribution in [0, 0.1) is 0 Å². The van der Waals surface area contributed by atoms with Gasteiger partial charge < -0.3 is 24.8 Å². The van der Waals surface area contributed by atoms with Crippen LogP contribution in [-0.4, -0.2) is 42.0 Å². The van der Waals surface area contributed by atoms with E-state index in [-0.39, 0.29) is 5.91 Å². The molecule has 0 saturated carbocycles. The molecule has 0 aliphatic carbocycles. The number of nitrogens with zero attached hydrogens (tertiary/aromatic N) is 3. The lowest BCUT2D eigenvalue weighted by Crippen LogP contribution is -2.31. The van der Waals surface area contributed by atoms with Gasteiger partial charge in [-0.25, -0.2) is 4.68 Å². The van der Waals surface area contributed by atoms with Crippen LogP contribution in [0.5, 0.6) is 17.2 Å². The summed E-state index contributed by atoms with van der Waals surface area (Å²) in [5.74, 6) is 2.50. The second-order valence-electron chi connectivity index (χ2n) is 8.58. The first-order valence-corrected chi connectivity index (χ1v) is 12.6. The molecule has 0 saturated heterocycles. The zero-order chi connectivity index (χ0) is 26.8. The quantitative estimate of drug-likeness (QED) is 0.293. The van der Waals surface area contributed by atoms with Gasteiger partial charge in [0.1, 0.15) is 23.3 Å². The largest absolute Gasteiger partial charge is 0.497 e. The summed E-state index contributed by atoms with van der Waals surface area (Å²) in [6.07, 6.45) is 0. The average Bonchev–Trinajstić information content (AvgIpc) is 3.35. The highest BCUT2D eigenvalue weighted by Crippen LogP contribution is 2.39. The number of aromatic nitrogens is 3. The monoisotopic (exact) mass is 575 g/mol. The molecule has 1 aromatic heterocycles. The number of fused-ring (bicyclic) bond motifs is 1. The number of anilines is 2. The maximum atomic E-state index is 13.8. The minimum absolute atomic E-state index is 0.282. The summed E-state index contributed by atoms with van der Waals surface area (Å²) >= 11 is 3.57. The summed E-state index contributed by atoms with van der Waals surface area (Å²) < 4.78 is 18.9. The number of hydrogen-bond acceptors (Lipinski definition) is 7. The molecular formula is C28H26BrN5O4. The van der Waals surface area contributed by atoms with Gasteiger partial charge in [0.15, 0.2) is 5.82 Å². The van der Waals surface area contributed by atoms with Crippen molar-refractivity contribution in [2.75, 3.05) is 32.0 Å². The van der Waals surface area contributed by atoms with Gasteiger partial charge in [-0.2, -0.15) is 4.98 Å². The summed E-state index contributed by atoms with van der Waals surface area (Å²) in [5, 5.41) is 11.1. The fourth-order valence-corrected chi connectivity index (χ4v) is 4.84. The number of para-hydroxylation sites is 2. The number of methoxy groups -OCH3 is 3. The van der Waals surface area contributed by atoms with Gasteiger partial charge in [0.25, 0.3) is 5.91 Å². The molecule has 1 atom stereocenters. The van der Waals surface area contributed by atoms with Gasteiger partial charge in [-0.15, -0.1) is 5.10 Å². The second-order valence-corrected chi connectivity index (χ2v) is 9.50. The average molecular weight is 576 g/mol. The minimum Gasteiger partial charge on any atom is -0.497 e. The topological polar surface area (TPSA) is 99.5 Å². The van der Waals surface area contributed by atoms with Gasteiger partial charge in [-0.05, 0) is 48.9 Å². The molecule has 2 heterocycles. The molecule has 1 unspecified atom stereocenters. The third kappa shape index (κ3) is 4.82. The Morgan fingerprint density at radius 3 is 2.39 bits per heavy atom. The maximum absolute atomic E-state index is 13.8. The van der Waals surface area contributed by atoms with Crippen LogP contribution in [0.1, 0.15) is 18.5 Å². The van der Waals surface area contributed by atoms with Crippen LogP contribution in [0.2, 0.25) is 0 Å². The third-order valence-electron chi connectivity index (χ3n) is 6.23. The fourth-order valence-electron chi connectivity index (χ4n) is 4.43. The molecule has 194 valence electrons. The van der Waals surface area contributed by atoms with E-state index in [9.17, 15) is 4.79 Å². The number of rotatable bonds is 7. The Kier molecular flexibility index (Phi) is 7.06. The Morgan fingerprint density at radius 1 is 0.974 bits per heavy atom. The van der Waals surface area contributed by atoms with Gasteiger partial charge in [0, 0.05) is 21.8 Å². The molecule has 0 fully saturated rings. The Labute approximate surface area is 228 Å². The first-order chi connectivity index (χ1) is 18.4. The molecule has 4 aromatic rings. The van der Waals surface area contributed by atoms with E-state index in [1.54, 1.807) is 44.2 Å². The number of nitrogens with one attached hydrogen (secondary N) is 2. The minimum atomic E-state index is -0.549. The smallest absolute Gasteiger partial charge is 0.255 e. The van der Waals surface area contributed by atoms with Gasteiger partial charge in [0.2, 0.25) is 5.95 Å². The first kappa shape index (κ1) is 25.3. The third-order valence-corrected chi connectivity index (χ3v) is 6.72. The van der Waals surface area contributed by atoms with Crippen molar-refractivity contribution in [3.05, 3.63) is 88.0 Å². The Bertz CT molecular complexity index is 1530. The van der Waals surface area contributed by atoms with Crippen LogP contribution in [0.15, 0.2) is 82.5 Å². The van der Waals surface area contributed by atoms with Crippen LogP contribution in [-0.2, 0) is 4.79 Å². The number of allylic oxidation sites excluding steroid dienone is 1. The lowest BCUT2D eigenvalue weighted by molar-refractivity contribution is -0.113. The predicted molar refractivity (Wildman–Crippen MR) is 149 cm³/mol. The molecule has 10 heteroatoms. The van der Waals surface area contributed by atoms with E-state index in [1.165, 1.54) is 0 Å². The normalized spacial score (nSPS) is 14.4. The van der Waals surface area contributed by atoms with Crippen LogP contribution in [0.25, 0.3) is 11.4 Å². The molecular weight excluding hydrogens is 550 g/mol. The fraction of sp³-hybridized carbons (Fsp3) is 0.179. The lowest BCUT2D eigenvalue weighted by atomic mass is 9.95. The first-order valence-electron chi connectivity index (χ1n) is 11.8. The number of amides is 1. The van der Waals surface area contributed by atoms with Crippen LogP contribution in [0.3, 0.4) is 0 Å². The summed E-state index contributed by atoms with van der Waals surface area (Å²) in [7, 11) is 4.75. The molecule has 0 radical (unpaired) electrons. The zero-order valence-electron chi connectivity index (χ0n) is 21.3. The van der Waals surface area contributed by atoms with E-state index in [1.807, 2.05) is 55.5 Å². The SMILES string of the molecule is COc1cc(OC)cc(-c2nc3n(n2)C(c2cccc(Br)c2)C(C(=O)Nc2ccccc2OC)=C(C)N3)c1. The summed E-state index contributed by atoms with van der Waals surface area (Å²) in [6, 6.07) is 20.0. The summed E-state index contributed by atoms with van der Waals surface area (Å²) in [6.45, 7) is 1.86. The number of halogens is 1. The molecule has 0 spiro atoms. The van der Waals surface area contributed by atoms with E-state index in [0.717, 1.165) is 15.6 Å². The number of hydrogen-bond donors (Lipinski definition) is 2. The van der Waals surface area contributed by atoms with Crippen molar-refractivity contribution in [1.82, 2.24) is 14.8 Å². The molecule has 2 N–H and O–H groups in total. The predicted octanol–water partition coefficient (Wildman–Crippen LogP) is 5.66. The summed E-state index contributed by atoms with van der Waals surface area (Å²) in [5.41, 5.74) is 3.32. The standard InChI is InChI=1S/C28H26BrN5O4/c1-16-24(27(35)31-22-10-5-6-11-23(22)38-4)25(17-8-7-9-19(29)12-17)34-28(30-16)32-26(33-34)18-13-20(36-2)15-21(14-18)37-3/h5-15,25H,1-4H3,(H,31,35)(H,30,32,33). The Hall–Kier alpha value is -4.31. The number of carbonyl (C=O) groups excluding carboxylic acids is 1. The van der Waals surface area contributed by atoms with Crippen molar-refractivity contribution < 1.29 is 19.0 Å². The van der Waals surface area contributed by atoms with Gasteiger partial charge in [-0.1, -0.05) is 40.2 Å². The number of carbonyl (C=O) groups is 1. The van der Waals surface area contributed by atoms with Crippen molar-refractivity contribution in [1.29, 1.82) is 0 Å². The van der Waals surface area contributed by atoms with Gasteiger partial charge in [0.05, 0.1) is 32.6 Å². The molecule has 3 aromatic carbocycles. The molecule has 38 heavy (non-hydrogen) atoms. The number of ether oxygens (including phenoxy) is 3. The molecule has 1 aliphatic heterocycles. The maximum Gasteiger partial charge on any atom is 0.255 e. The summed E-state index contributed by atoms with van der Waals surface area (Å²) in [4.78, 5) is 18.6. The highest BCUT2D eigenvalue weighted by Gasteiger charge is 2.35. The Morgan fingerprint density at radius 2 is 1.71 bits per heavy atom. The molecule has 1 aliphatic rings. The molecule has 0 bridgehead atoms. The Balaban J connectivity index is 1.61. The van der Waals surface area contributed by atoms with Crippen LogP contribution < -0.4 is 24.8 Å². The molecule has 5 rings (SSSR count). The van der Waals surface area contributed by atoms with E-state index in [2.05, 4.69) is 26.6 Å². The van der Waals surface area contributed by atoms with E-state index in [0.29, 0.717) is 46.0 Å². The molecule has 1 amide bonds. The number of benzene rings is 3. The van der Waals surface area contributed by atoms with E-state index in [4.69, 9.17) is 24.3 Å². The lowest BCUT2D eigenvalue weighted by Gasteiger charge is -2.29. The van der Waals surface area contributed by atoms with Crippen molar-refractivity contribution in [3.63, 3.8) is 0 Å². The van der Waals surface area contributed by atoms with E-state index >= 15 is 0 Å². The zero-order valence-corrected chi connectivity index (χ0v) is 22.9. The van der Waals surface area contributed by atoms with Crippen molar-refractivity contribution >= 4 is 33.5 Å². The highest BCUT2D eigenvalue weighted by atomic mass is 79.9.